The van der Waals surface area contributed by atoms with Crippen LogP contribution in [-0.4, -0.2) is 48.7 Å². The van der Waals surface area contributed by atoms with Gasteiger partial charge in [-0.3, -0.25) is 15.1 Å². The van der Waals surface area contributed by atoms with E-state index in [0.717, 1.165) is 30.0 Å². The summed E-state index contributed by atoms with van der Waals surface area (Å²) in [6, 6.07) is 14.1. The fourth-order valence-corrected chi connectivity index (χ4v) is 4.79. The number of hydrogen-bond acceptors (Lipinski definition) is 5. The molecule has 32 heavy (non-hydrogen) atoms. The Morgan fingerprint density at radius 2 is 1.78 bits per heavy atom. The summed E-state index contributed by atoms with van der Waals surface area (Å²) in [5.41, 5.74) is 7.28. The van der Waals surface area contributed by atoms with Crippen molar-refractivity contribution < 1.29 is 14.3 Å². The molecule has 1 aliphatic carbocycles. The summed E-state index contributed by atoms with van der Waals surface area (Å²) in [5.74, 6) is 0.835. The molecule has 5 rings (SSSR count). The van der Waals surface area contributed by atoms with E-state index in [4.69, 9.17) is 4.74 Å². The third-order valence-electron chi connectivity index (χ3n) is 6.64. The van der Waals surface area contributed by atoms with Crippen LogP contribution in [0.4, 0.5) is 16.2 Å². The molecule has 2 fully saturated rings. The first-order chi connectivity index (χ1) is 15.4. The summed E-state index contributed by atoms with van der Waals surface area (Å²) in [6.45, 7) is 7.76. The Bertz CT molecular complexity index is 1030. The van der Waals surface area contributed by atoms with Gasteiger partial charge < -0.3 is 9.64 Å². The molecule has 0 aromatic heterocycles. The summed E-state index contributed by atoms with van der Waals surface area (Å²) >= 11 is 0. The molecule has 2 amide bonds. The zero-order valence-electron chi connectivity index (χ0n) is 18.9. The molecule has 168 valence electrons. The Hall–Kier alpha value is -2.90. The first-order valence-electron chi connectivity index (χ1n) is 11.4. The van der Waals surface area contributed by atoms with Gasteiger partial charge in [-0.05, 0) is 56.5 Å². The van der Waals surface area contributed by atoms with Crippen molar-refractivity contribution in [1.29, 1.82) is 0 Å². The molecule has 7 nitrogen and oxygen atoms in total. The number of hydrazine groups is 1. The number of carbonyl (C=O) groups is 2. The molecule has 0 radical (unpaired) electrons. The highest BCUT2D eigenvalue weighted by molar-refractivity contribution is 6.02. The smallest absolute Gasteiger partial charge is 0.410 e. The quantitative estimate of drug-likeness (QED) is 0.796. The highest BCUT2D eigenvalue weighted by atomic mass is 16.6. The maximum Gasteiger partial charge on any atom is 0.419 e. The predicted molar refractivity (Wildman–Crippen MR) is 124 cm³/mol. The zero-order valence-corrected chi connectivity index (χ0v) is 18.9. The average molecular weight is 435 g/mol. The number of ether oxygens (including phenoxy) is 1. The highest BCUT2D eigenvalue weighted by Gasteiger charge is 2.37. The molecule has 2 aromatic carbocycles. The Labute approximate surface area is 188 Å². The van der Waals surface area contributed by atoms with Gasteiger partial charge in [0.1, 0.15) is 5.75 Å². The van der Waals surface area contributed by atoms with E-state index in [1.165, 1.54) is 18.4 Å². The molecule has 1 saturated carbocycles. The van der Waals surface area contributed by atoms with Crippen molar-refractivity contribution in [2.45, 2.75) is 51.6 Å². The molecule has 0 bridgehead atoms. The largest absolute Gasteiger partial charge is 0.419 e. The Morgan fingerprint density at radius 1 is 1.03 bits per heavy atom. The molecular formula is C25H30N4O3. The lowest BCUT2D eigenvalue weighted by molar-refractivity contribution is -0.117. The van der Waals surface area contributed by atoms with Crippen molar-refractivity contribution in [3.63, 3.8) is 0 Å². The van der Waals surface area contributed by atoms with Gasteiger partial charge in [0.15, 0.2) is 0 Å². The van der Waals surface area contributed by atoms with Crippen molar-refractivity contribution in [2.75, 3.05) is 29.4 Å². The van der Waals surface area contributed by atoms with Crippen LogP contribution in [0.5, 0.6) is 5.75 Å². The number of anilines is 2. The van der Waals surface area contributed by atoms with Gasteiger partial charge in [-0.1, -0.05) is 23.8 Å². The van der Waals surface area contributed by atoms with Gasteiger partial charge in [-0.2, -0.15) is 0 Å². The van der Waals surface area contributed by atoms with Gasteiger partial charge in [0.05, 0.1) is 17.4 Å². The number of rotatable bonds is 3. The summed E-state index contributed by atoms with van der Waals surface area (Å²) in [7, 11) is 0. The summed E-state index contributed by atoms with van der Waals surface area (Å²) in [5, 5.41) is 2.34. The Balaban J connectivity index is 1.45. The number of aryl methyl sites for hydroxylation is 1. The van der Waals surface area contributed by atoms with Gasteiger partial charge >= 0.3 is 6.09 Å². The minimum absolute atomic E-state index is 0.0273. The number of fused-ring (bicyclic) bond motifs is 1. The Kier molecular flexibility index (Phi) is 5.39. The van der Waals surface area contributed by atoms with Crippen molar-refractivity contribution in [3.8, 4) is 5.75 Å². The van der Waals surface area contributed by atoms with Crippen LogP contribution in [0.2, 0.25) is 0 Å². The SMILES string of the molecule is CC(=O)N1c2ccc(C3CNN(C4CC4)C3)cc2N(C(=O)Oc2ccc(C)cc2)C[C@@H]1C. The van der Waals surface area contributed by atoms with Crippen LogP contribution in [0, 0.1) is 6.92 Å². The maximum absolute atomic E-state index is 13.2. The van der Waals surface area contributed by atoms with E-state index in [-0.39, 0.29) is 11.9 Å². The lowest BCUT2D eigenvalue weighted by atomic mass is 9.97. The number of carbonyl (C=O) groups excluding carboxylic acids is 2. The number of nitrogens with one attached hydrogen (secondary N) is 1. The van der Waals surface area contributed by atoms with Crippen molar-refractivity contribution >= 4 is 23.4 Å². The second-order valence-corrected chi connectivity index (χ2v) is 9.22. The van der Waals surface area contributed by atoms with Crippen LogP contribution in [-0.2, 0) is 4.79 Å². The first kappa shape index (κ1) is 21.0. The van der Waals surface area contributed by atoms with E-state index < -0.39 is 6.09 Å². The van der Waals surface area contributed by atoms with Gasteiger partial charge in [-0.25, -0.2) is 9.80 Å². The fourth-order valence-electron chi connectivity index (χ4n) is 4.79. The van der Waals surface area contributed by atoms with E-state index in [9.17, 15) is 9.59 Å². The molecule has 1 N–H and O–H groups in total. The molecule has 7 heteroatoms. The van der Waals surface area contributed by atoms with Crippen LogP contribution in [0.25, 0.3) is 0 Å². The summed E-state index contributed by atoms with van der Waals surface area (Å²) in [6.07, 6.45) is 2.09. The van der Waals surface area contributed by atoms with Gasteiger partial charge in [0.2, 0.25) is 5.91 Å². The Morgan fingerprint density at radius 3 is 2.47 bits per heavy atom. The molecule has 2 aliphatic heterocycles. The van der Waals surface area contributed by atoms with Gasteiger partial charge in [0, 0.05) is 38.5 Å². The van der Waals surface area contributed by atoms with Crippen LogP contribution in [0.15, 0.2) is 42.5 Å². The van der Waals surface area contributed by atoms with Crippen molar-refractivity contribution in [1.82, 2.24) is 10.4 Å². The van der Waals surface area contributed by atoms with Crippen LogP contribution in [0.1, 0.15) is 43.7 Å². The third kappa shape index (κ3) is 3.98. The maximum atomic E-state index is 13.2. The first-order valence-corrected chi connectivity index (χ1v) is 11.4. The van der Waals surface area contributed by atoms with E-state index in [0.29, 0.717) is 24.3 Å². The fraction of sp³-hybridized carbons (Fsp3) is 0.440. The second kappa shape index (κ2) is 8.22. The van der Waals surface area contributed by atoms with E-state index in [1.807, 2.05) is 32.0 Å². The van der Waals surface area contributed by atoms with Crippen molar-refractivity contribution in [2.24, 2.45) is 0 Å². The number of hydrogen-bond donors (Lipinski definition) is 1. The molecule has 1 unspecified atom stereocenters. The molecule has 1 saturated heterocycles. The van der Waals surface area contributed by atoms with Gasteiger partial charge in [-0.15, -0.1) is 0 Å². The summed E-state index contributed by atoms with van der Waals surface area (Å²) < 4.78 is 5.69. The van der Waals surface area contributed by atoms with E-state index >= 15 is 0 Å². The average Bonchev–Trinajstić information content (AvgIpc) is 3.50. The lowest BCUT2D eigenvalue weighted by Crippen LogP contribution is -2.52. The molecular weight excluding hydrogens is 404 g/mol. The van der Waals surface area contributed by atoms with Crippen LogP contribution < -0.4 is 20.0 Å². The monoisotopic (exact) mass is 434 g/mol. The highest BCUT2D eigenvalue weighted by Crippen LogP contribution is 2.39. The number of benzene rings is 2. The minimum Gasteiger partial charge on any atom is -0.410 e. The van der Waals surface area contributed by atoms with Crippen LogP contribution >= 0.6 is 0 Å². The third-order valence-corrected chi connectivity index (χ3v) is 6.64. The molecule has 2 atom stereocenters. The molecule has 2 aromatic rings. The molecule has 0 spiro atoms. The van der Waals surface area contributed by atoms with E-state index in [2.05, 4.69) is 22.6 Å². The standard InChI is InChI=1S/C25H30N4O3/c1-16-4-9-22(10-5-16)32-25(31)27-14-17(2)29(18(3)30)23-11-6-19(12-24(23)27)20-13-26-28(15-20)21-7-8-21/h4-6,9-12,17,20-21,26H,7-8,13-15H2,1-3H3/t17-,20?/m0/s1. The van der Waals surface area contributed by atoms with Gasteiger partial charge in [0.25, 0.3) is 0 Å². The molecule has 3 aliphatic rings. The second-order valence-electron chi connectivity index (χ2n) is 9.22. The number of amides is 2. The normalized spacial score (nSPS) is 23.2. The van der Waals surface area contributed by atoms with E-state index in [1.54, 1.807) is 28.9 Å². The molecule has 2 heterocycles. The van der Waals surface area contributed by atoms with Crippen LogP contribution in [0.3, 0.4) is 0 Å². The predicted octanol–water partition coefficient (Wildman–Crippen LogP) is 3.82. The zero-order chi connectivity index (χ0) is 22.4. The summed E-state index contributed by atoms with van der Waals surface area (Å²) in [4.78, 5) is 29.1. The minimum atomic E-state index is -0.425. The lowest BCUT2D eigenvalue weighted by Gasteiger charge is -2.40. The number of nitrogens with zero attached hydrogens (tertiary/aromatic N) is 3. The van der Waals surface area contributed by atoms with Crippen molar-refractivity contribution in [3.05, 3.63) is 53.6 Å². The topological polar surface area (TPSA) is 65.1 Å².